The molecule has 0 bridgehead atoms. The van der Waals surface area contributed by atoms with Gasteiger partial charge in [-0.25, -0.2) is 4.98 Å². The van der Waals surface area contributed by atoms with Crippen LogP contribution in [0.4, 0.5) is 0 Å². The van der Waals surface area contributed by atoms with E-state index in [0.29, 0.717) is 18.6 Å². The molecule has 1 fully saturated rings. The molecule has 0 spiro atoms. The predicted molar refractivity (Wildman–Crippen MR) is 52.2 cm³/mol. The molecule has 4 heteroatoms. The van der Waals surface area contributed by atoms with Crippen molar-refractivity contribution < 1.29 is 9.47 Å². The van der Waals surface area contributed by atoms with E-state index >= 15 is 0 Å². The molecule has 0 unspecified atom stereocenters. The molecule has 0 saturated carbocycles. The van der Waals surface area contributed by atoms with Gasteiger partial charge in [0.1, 0.15) is 0 Å². The van der Waals surface area contributed by atoms with Gasteiger partial charge in [0.2, 0.25) is 5.88 Å². The highest BCUT2D eigenvalue weighted by Crippen LogP contribution is 2.15. The summed E-state index contributed by atoms with van der Waals surface area (Å²) in [6.45, 7) is 2.47. The maximum absolute atomic E-state index is 5.62. The maximum Gasteiger partial charge on any atom is 0.218 e. The number of nitrogens with one attached hydrogen (secondary N) is 1. The van der Waals surface area contributed by atoms with E-state index in [9.17, 15) is 0 Å². The summed E-state index contributed by atoms with van der Waals surface area (Å²) < 4.78 is 10.7. The van der Waals surface area contributed by atoms with Crippen molar-refractivity contribution in [2.75, 3.05) is 20.2 Å². The van der Waals surface area contributed by atoms with E-state index in [4.69, 9.17) is 9.47 Å². The minimum Gasteiger partial charge on any atom is -0.481 e. The van der Waals surface area contributed by atoms with E-state index in [1.807, 2.05) is 12.1 Å². The fraction of sp³-hybridized carbons (Fsp3) is 0.500. The van der Waals surface area contributed by atoms with Gasteiger partial charge in [0.15, 0.2) is 0 Å². The van der Waals surface area contributed by atoms with Crippen LogP contribution in [-0.2, 0) is 11.3 Å². The van der Waals surface area contributed by atoms with Crippen molar-refractivity contribution >= 4 is 0 Å². The fourth-order valence-electron chi connectivity index (χ4n) is 1.31. The number of methoxy groups -OCH3 is 1. The molecule has 2 heterocycles. The number of nitrogens with zero attached hydrogens (tertiary/aromatic N) is 1. The topological polar surface area (TPSA) is 43.4 Å². The van der Waals surface area contributed by atoms with Crippen LogP contribution in [0, 0.1) is 0 Å². The lowest BCUT2D eigenvalue weighted by Crippen LogP contribution is -2.48. The van der Waals surface area contributed by atoms with E-state index in [0.717, 1.165) is 18.7 Å². The normalized spacial score (nSPS) is 16.4. The fourth-order valence-corrected chi connectivity index (χ4v) is 1.31. The highest BCUT2D eigenvalue weighted by atomic mass is 16.5. The van der Waals surface area contributed by atoms with Crippen LogP contribution in [0.25, 0.3) is 0 Å². The third-order valence-corrected chi connectivity index (χ3v) is 2.26. The molecule has 0 aromatic carbocycles. The Morgan fingerprint density at radius 3 is 3.07 bits per heavy atom. The second-order valence-corrected chi connectivity index (χ2v) is 3.26. The van der Waals surface area contributed by atoms with E-state index in [2.05, 4.69) is 10.3 Å². The molecule has 2 rings (SSSR count). The molecular weight excluding hydrogens is 180 g/mol. The van der Waals surface area contributed by atoms with Crippen molar-refractivity contribution in [1.29, 1.82) is 0 Å². The summed E-state index contributed by atoms with van der Waals surface area (Å²) in [7, 11) is 1.62. The molecule has 76 valence electrons. The molecular formula is C10H14N2O2. The zero-order chi connectivity index (χ0) is 9.80. The molecule has 1 aliphatic heterocycles. The molecule has 1 aromatic heterocycles. The number of hydrogen-bond donors (Lipinski definition) is 1. The summed E-state index contributed by atoms with van der Waals surface area (Å²) in [5.41, 5.74) is 1.00. The van der Waals surface area contributed by atoms with E-state index in [1.165, 1.54) is 0 Å². The Balaban J connectivity index is 1.93. The molecule has 0 amide bonds. The van der Waals surface area contributed by atoms with Gasteiger partial charge in [-0.2, -0.15) is 0 Å². The van der Waals surface area contributed by atoms with Crippen LogP contribution < -0.4 is 10.1 Å². The second kappa shape index (κ2) is 4.39. The number of hydrogen-bond acceptors (Lipinski definition) is 4. The molecule has 1 N–H and O–H groups in total. The number of pyridine rings is 1. The maximum atomic E-state index is 5.62. The highest BCUT2D eigenvalue weighted by molar-refractivity contribution is 5.24. The molecule has 14 heavy (non-hydrogen) atoms. The minimum absolute atomic E-state index is 0.347. The van der Waals surface area contributed by atoms with Crippen LogP contribution >= 0.6 is 0 Å². The minimum atomic E-state index is 0.347. The first-order chi connectivity index (χ1) is 6.90. The molecule has 1 aromatic rings. The predicted octanol–water partition coefficient (Wildman–Crippen LogP) is 0.579. The molecule has 1 aliphatic rings. The summed E-state index contributed by atoms with van der Waals surface area (Å²) in [6.07, 6.45) is 2.06. The summed E-state index contributed by atoms with van der Waals surface area (Å²) >= 11 is 0. The van der Waals surface area contributed by atoms with E-state index in [1.54, 1.807) is 13.3 Å². The van der Waals surface area contributed by atoms with Crippen LogP contribution in [0.15, 0.2) is 18.3 Å². The lowest BCUT2D eigenvalue weighted by atomic mass is 10.2. The highest BCUT2D eigenvalue weighted by Gasteiger charge is 2.17. The Kier molecular flexibility index (Phi) is 2.96. The van der Waals surface area contributed by atoms with Crippen molar-refractivity contribution in [3.05, 3.63) is 23.9 Å². The van der Waals surface area contributed by atoms with Gasteiger partial charge in [-0.1, -0.05) is 0 Å². The van der Waals surface area contributed by atoms with E-state index in [-0.39, 0.29) is 0 Å². The van der Waals surface area contributed by atoms with Crippen LogP contribution in [0.1, 0.15) is 5.56 Å². The SMILES string of the molecule is COc1ncccc1COC1CNC1. The van der Waals surface area contributed by atoms with Crippen LogP contribution in [-0.4, -0.2) is 31.3 Å². The quantitative estimate of drug-likeness (QED) is 0.761. The Morgan fingerprint density at radius 1 is 1.57 bits per heavy atom. The summed E-state index contributed by atoms with van der Waals surface area (Å²) in [6, 6.07) is 3.86. The average molecular weight is 194 g/mol. The van der Waals surface area contributed by atoms with Gasteiger partial charge in [-0.3, -0.25) is 0 Å². The monoisotopic (exact) mass is 194 g/mol. The molecule has 0 atom stereocenters. The second-order valence-electron chi connectivity index (χ2n) is 3.26. The molecule has 0 radical (unpaired) electrons. The van der Waals surface area contributed by atoms with Crippen LogP contribution in [0.2, 0.25) is 0 Å². The van der Waals surface area contributed by atoms with Gasteiger partial charge >= 0.3 is 0 Å². The Hall–Kier alpha value is -1.13. The van der Waals surface area contributed by atoms with Crippen molar-refractivity contribution in [3.8, 4) is 5.88 Å². The lowest BCUT2D eigenvalue weighted by Gasteiger charge is -2.27. The van der Waals surface area contributed by atoms with Crippen LogP contribution in [0.5, 0.6) is 5.88 Å². The van der Waals surface area contributed by atoms with E-state index < -0.39 is 0 Å². The first kappa shape index (κ1) is 9.43. The third kappa shape index (κ3) is 2.02. The number of ether oxygens (including phenoxy) is 2. The Bertz CT molecular complexity index is 300. The molecule has 1 saturated heterocycles. The van der Waals surface area contributed by atoms with Gasteiger partial charge in [0.05, 0.1) is 19.8 Å². The average Bonchev–Trinajstić information content (AvgIpc) is 2.16. The van der Waals surface area contributed by atoms with Crippen molar-refractivity contribution in [2.45, 2.75) is 12.7 Å². The molecule has 4 nitrogen and oxygen atoms in total. The van der Waals surface area contributed by atoms with Gasteiger partial charge in [0, 0.05) is 24.8 Å². The summed E-state index contributed by atoms with van der Waals surface area (Å²) in [5, 5.41) is 3.15. The first-order valence-electron chi connectivity index (χ1n) is 4.70. The number of rotatable bonds is 4. The molecule has 0 aliphatic carbocycles. The third-order valence-electron chi connectivity index (χ3n) is 2.26. The van der Waals surface area contributed by atoms with Crippen molar-refractivity contribution in [1.82, 2.24) is 10.3 Å². The first-order valence-corrected chi connectivity index (χ1v) is 4.70. The van der Waals surface area contributed by atoms with Gasteiger partial charge in [0.25, 0.3) is 0 Å². The van der Waals surface area contributed by atoms with Gasteiger partial charge in [-0.05, 0) is 12.1 Å². The largest absolute Gasteiger partial charge is 0.481 e. The van der Waals surface area contributed by atoms with Crippen molar-refractivity contribution in [3.63, 3.8) is 0 Å². The van der Waals surface area contributed by atoms with Crippen molar-refractivity contribution in [2.24, 2.45) is 0 Å². The Labute approximate surface area is 83.2 Å². The summed E-state index contributed by atoms with van der Waals surface area (Å²) in [5.74, 6) is 0.653. The smallest absolute Gasteiger partial charge is 0.218 e. The standard InChI is InChI=1S/C10H14N2O2/c1-13-10-8(3-2-4-12-10)7-14-9-5-11-6-9/h2-4,9,11H,5-7H2,1H3. The van der Waals surface area contributed by atoms with Crippen LogP contribution in [0.3, 0.4) is 0 Å². The van der Waals surface area contributed by atoms with Gasteiger partial charge in [-0.15, -0.1) is 0 Å². The zero-order valence-corrected chi connectivity index (χ0v) is 8.19. The summed E-state index contributed by atoms with van der Waals surface area (Å²) in [4.78, 5) is 4.10. The Morgan fingerprint density at radius 2 is 2.43 bits per heavy atom. The zero-order valence-electron chi connectivity index (χ0n) is 8.19. The number of aromatic nitrogens is 1. The lowest BCUT2D eigenvalue weighted by molar-refractivity contribution is 0.00662. The van der Waals surface area contributed by atoms with Gasteiger partial charge < -0.3 is 14.8 Å².